The topological polar surface area (TPSA) is 66.5 Å². The lowest BCUT2D eigenvalue weighted by Crippen LogP contribution is -2.22. The Bertz CT molecular complexity index is 1070. The molecule has 5 nitrogen and oxygen atoms in total. The molecule has 0 aliphatic carbocycles. The lowest BCUT2D eigenvalue weighted by atomic mass is 10.2. The molecule has 1 N–H and O–H groups in total. The minimum Gasteiger partial charge on any atom is -0.321 e. The number of hydrogen-bond acceptors (Lipinski definition) is 4. The number of benzene rings is 2. The molecule has 0 saturated carbocycles. The van der Waals surface area contributed by atoms with Gasteiger partial charge in [-0.05, 0) is 48.0 Å². The summed E-state index contributed by atoms with van der Waals surface area (Å²) in [6.07, 6.45) is 0. The van der Waals surface area contributed by atoms with E-state index >= 15 is 0 Å². The number of sulfonamides is 1. The second kappa shape index (κ2) is 7.82. The lowest BCUT2D eigenvalue weighted by molar-refractivity contribution is 0.103. The summed E-state index contributed by atoms with van der Waals surface area (Å²) in [6.45, 7) is 0. The molecule has 27 heavy (non-hydrogen) atoms. The van der Waals surface area contributed by atoms with Gasteiger partial charge in [0.15, 0.2) is 0 Å². The van der Waals surface area contributed by atoms with E-state index in [1.165, 1.54) is 37.6 Å². The highest BCUT2D eigenvalue weighted by atomic mass is 35.5. The van der Waals surface area contributed by atoms with Crippen molar-refractivity contribution in [2.24, 2.45) is 0 Å². The zero-order valence-corrected chi connectivity index (χ0v) is 17.0. The molecule has 0 bridgehead atoms. The van der Waals surface area contributed by atoms with Gasteiger partial charge in [0, 0.05) is 29.7 Å². The number of thiophene rings is 1. The molecule has 0 saturated heterocycles. The number of hydrogen-bond donors (Lipinski definition) is 1. The van der Waals surface area contributed by atoms with E-state index in [9.17, 15) is 13.2 Å². The summed E-state index contributed by atoms with van der Waals surface area (Å²) < 4.78 is 25.6. The fraction of sp³-hybridized carbons (Fsp3) is 0.105. The molecule has 8 heteroatoms. The summed E-state index contributed by atoms with van der Waals surface area (Å²) in [5, 5.41) is 3.40. The highest BCUT2D eigenvalue weighted by molar-refractivity contribution is 7.89. The van der Waals surface area contributed by atoms with Crippen molar-refractivity contribution in [1.82, 2.24) is 4.31 Å². The standard InChI is InChI=1S/C19H17ClN2O3S2/c1-22(2)27(24,25)16-5-3-4-15(12-16)21-19(23)18-11-10-17(26-18)13-6-8-14(20)9-7-13/h3-12H,1-2H3,(H,21,23). The minimum absolute atomic E-state index is 0.123. The van der Waals surface area contributed by atoms with E-state index in [2.05, 4.69) is 5.32 Å². The highest BCUT2D eigenvalue weighted by Gasteiger charge is 2.18. The van der Waals surface area contributed by atoms with Crippen LogP contribution in [0.2, 0.25) is 5.02 Å². The Balaban J connectivity index is 1.79. The zero-order valence-electron chi connectivity index (χ0n) is 14.6. The number of nitrogens with one attached hydrogen (secondary N) is 1. The Morgan fingerprint density at radius 3 is 2.41 bits per heavy atom. The normalized spacial score (nSPS) is 11.6. The van der Waals surface area contributed by atoms with Gasteiger partial charge in [0.05, 0.1) is 9.77 Å². The Labute approximate surface area is 167 Å². The maximum Gasteiger partial charge on any atom is 0.265 e. The van der Waals surface area contributed by atoms with Crippen molar-refractivity contribution in [2.75, 3.05) is 19.4 Å². The smallest absolute Gasteiger partial charge is 0.265 e. The van der Waals surface area contributed by atoms with Gasteiger partial charge in [-0.1, -0.05) is 29.8 Å². The SMILES string of the molecule is CN(C)S(=O)(=O)c1cccc(NC(=O)c2ccc(-c3ccc(Cl)cc3)s2)c1. The van der Waals surface area contributed by atoms with Gasteiger partial charge in [0.1, 0.15) is 0 Å². The molecule has 3 rings (SSSR count). The van der Waals surface area contributed by atoms with Crippen molar-refractivity contribution in [3.63, 3.8) is 0 Å². The molecule has 3 aromatic rings. The largest absolute Gasteiger partial charge is 0.321 e. The first kappa shape index (κ1) is 19.6. The van der Waals surface area contributed by atoms with Gasteiger partial charge in [0.2, 0.25) is 10.0 Å². The molecule has 0 aliphatic rings. The molecule has 0 unspecified atom stereocenters. The first-order valence-electron chi connectivity index (χ1n) is 7.97. The second-order valence-electron chi connectivity index (χ2n) is 5.94. The second-order valence-corrected chi connectivity index (χ2v) is 9.61. The predicted octanol–water partition coefficient (Wildman–Crippen LogP) is 4.57. The van der Waals surface area contributed by atoms with Crippen molar-refractivity contribution in [3.8, 4) is 10.4 Å². The Kier molecular flexibility index (Phi) is 5.67. The van der Waals surface area contributed by atoms with Gasteiger partial charge >= 0.3 is 0 Å². The molecule has 0 radical (unpaired) electrons. The highest BCUT2D eigenvalue weighted by Crippen LogP contribution is 2.29. The van der Waals surface area contributed by atoms with Gasteiger partial charge in [-0.3, -0.25) is 4.79 Å². The van der Waals surface area contributed by atoms with E-state index in [0.717, 1.165) is 14.7 Å². The average Bonchev–Trinajstić information content (AvgIpc) is 3.12. The monoisotopic (exact) mass is 420 g/mol. The molecule has 0 spiro atoms. The molecule has 0 fully saturated rings. The molecule has 2 aromatic carbocycles. The first-order chi connectivity index (χ1) is 12.8. The minimum atomic E-state index is -3.56. The summed E-state index contributed by atoms with van der Waals surface area (Å²) in [4.78, 5) is 14.1. The molecule has 1 aromatic heterocycles. The number of carbonyl (C=O) groups excluding carboxylic acids is 1. The van der Waals surface area contributed by atoms with Crippen molar-refractivity contribution in [2.45, 2.75) is 4.90 Å². The third-order valence-electron chi connectivity index (χ3n) is 3.83. The zero-order chi connectivity index (χ0) is 19.6. The maximum atomic E-state index is 12.5. The van der Waals surface area contributed by atoms with E-state index in [-0.39, 0.29) is 10.8 Å². The molecular formula is C19H17ClN2O3S2. The molecule has 1 heterocycles. The van der Waals surface area contributed by atoms with E-state index in [0.29, 0.717) is 15.6 Å². The summed E-state index contributed by atoms with van der Waals surface area (Å²) in [7, 11) is -0.636. The Morgan fingerprint density at radius 2 is 1.74 bits per heavy atom. The third-order valence-corrected chi connectivity index (χ3v) is 7.03. The van der Waals surface area contributed by atoms with Crippen LogP contribution >= 0.6 is 22.9 Å². The van der Waals surface area contributed by atoms with Crippen LogP contribution < -0.4 is 5.32 Å². The number of carbonyl (C=O) groups is 1. The summed E-state index contributed by atoms with van der Waals surface area (Å²) in [6, 6.07) is 17.2. The van der Waals surface area contributed by atoms with Crippen LogP contribution in [0.1, 0.15) is 9.67 Å². The van der Waals surface area contributed by atoms with E-state index in [4.69, 9.17) is 11.6 Å². The number of anilines is 1. The lowest BCUT2D eigenvalue weighted by Gasteiger charge is -2.12. The number of nitrogens with zero attached hydrogens (tertiary/aromatic N) is 1. The quantitative estimate of drug-likeness (QED) is 0.657. The van der Waals surface area contributed by atoms with E-state index in [1.807, 2.05) is 18.2 Å². The molecule has 0 atom stereocenters. The Hall–Kier alpha value is -2.19. The van der Waals surface area contributed by atoms with E-state index in [1.54, 1.807) is 30.3 Å². The Morgan fingerprint density at radius 1 is 1.04 bits per heavy atom. The van der Waals surface area contributed by atoms with Gasteiger partial charge in [0.25, 0.3) is 5.91 Å². The first-order valence-corrected chi connectivity index (χ1v) is 10.6. The van der Waals surface area contributed by atoms with Crippen LogP contribution in [0.25, 0.3) is 10.4 Å². The van der Waals surface area contributed by atoms with Gasteiger partial charge in [-0.15, -0.1) is 11.3 Å². The van der Waals surface area contributed by atoms with Crippen molar-refractivity contribution >= 4 is 44.6 Å². The number of rotatable bonds is 5. The van der Waals surface area contributed by atoms with Crippen LogP contribution in [-0.4, -0.2) is 32.7 Å². The van der Waals surface area contributed by atoms with Crippen LogP contribution in [0.5, 0.6) is 0 Å². The average molecular weight is 421 g/mol. The van der Waals surface area contributed by atoms with Crippen LogP contribution in [0.4, 0.5) is 5.69 Å². The summed E-state index contributed by atoms with van der Waals surface area (Å²) in [5.74, 6) is -0.292. The molecular weight excluding hydrogens is 404 g/mol. The number of amides is 1. The number of halogens is 1. The van der Waals surface area contributed by atoms with Crippen LogP contribution in [0.3, 0.4) is 0 Å². The van der Waals surface area contributed by atoms with Crippen LogP contribution in [0.15, 0.2) is 65.6 Å². The van der Waals surface area contributed by atoms with Gasteiger partial charge < -0.3 is 5.32 Å². The summed E-state index contributed by atoms with van der Waals surface area (Å²) in [5.41, 5.74) is 1.40. The van der Waals surface area contributed by atoms with Crippen LogP contribution in [-0.2, 0) is 10.0 Å². The predicted molar refractivity (Wildman–Crippen MR) is 110 cm³/mol. The van der Waals surface area contributed by atoms with Crippen LogP contribution in [0, 0.1) is 0 Å². The fourth-order valence-electron chi connectivity index (χ4n) is 2.37. The van der Waals surface area contributed by atoms with Crippen molar-refractivity contribution in [3.05, 3.63) is 70.6 Å². The van der Waals surface area contributed by atoms with Crippen molar-refractivity contribution in [1.29, 1.82) is 0 Å². The van der Waals surface area contributed by atoms with Gasteiger partial charge in [-0.2, -0.15) is 0 Å². The molecule has 140 valence electrons. The summed E-state index contributed by atoms with van der Waals surface area (Å²) >= 11 is 7.26. The van der Waals surface area contributed by atoms with Crippen molar-refractivity contribution < 1.29 is 13.2 Å². The molecule has 1 amide bonds. The maximum absolute atomic E-state index is 12.5. The van der Waals surface area contributed by atoms with E-state index < -0.39 is 10.0 Å². The van der Waals surface area contributed by atoms with Gasteiger partial charge in [-0.25, -0.2) is 12.7 Å². The fourth-order valence-corrected chi connectivity index (χ4v) is 4.35. The molecule has 0 aliphatic heterocycles. The third kappa shape index (κ3) is 4.39.